The Bertz CT molecular complexity index is 672. The van der Waals surface area contributed by atoms with Crippen molar-refractivity contribution in [3.63, 3.8) is 0 Å². The Morgan fingerprint density at radius 1 is 1.04 bits per heavy atom. The molecule has 1 fully saturated rings. The minimum atomic E-state index is -1.11. The summed E-state index contributed by atoms with van der Waals surface area (Å²) in [5.41, 5.74) is 0.426. The number of aliphatic hydroxyl groups is 1. The normalized spacial score (nSPS) is 17.5. The molecule has 1 saturated heterocycles. The zero-order chi connectivity index (χ0) is 17.5. The zero-order valence-electron chi connectivity index (χ0n) is 14.2. The highest BCUT2D eigenvalue weighted by Crippen LogP contribution is 2.35. The third-order valence-electron chi connectivity index (χ3n) is 4.72. The molecule has 0 unspecified atom stereocenters. The summed E-state index contributed by atoms with van der Waals surface area (Å²) < 4.78 is 5.42. The molecular formula is C20H24N2O3. The quantitative estimate of drug-likeness (QED) is 0.783. The summed E-state index contributed by atoms with van der Waals surface area (Å²) in [6.45, 7) is 1.42. The number of nitrogens with one attached hydrogen (secondary N) is 2. The lowest BCUT2D eigenvalue weighted by molar-refractivity contribution is -0.0674. The average molecular weight is 340 g/mol. The van der Waals surface area contributed by atoms with Crippen molar-refractivity contribution >= 4 is 11.7 Å². The van der Waals surface area contributed by atoms with E-state index in [9.17, 15) is 9.90 Å². The largest absolute Gasteiger partial charge is 0.383 e. The van der Waals surface area contributed by atoms with E-state index in [1.165, 1.54) is 0 Å². The van der Waals surface area contributed by atoms with Crippen LogP contribution in [0.3, 0.4) is 0 Å². The summed E-state index contributed by atoms with van der Waals surface area (Å²) in [6.07, 6.45) is 1.54. The second kappa shape index (κ2) is 8.14. The van der Waals surface area contributed by atoms with Crippen molar-refractivity contribution in [2.24, 2.45) is 5.92 Å². The highest BCUT2D eigenvalue weighted by Gasteiger charge is 2.39. The fraction of sp³-hybridized carbons (Fsp3) is 0.350. The molecular weight excluding hydrogens is 316 g/mol. The molecule has 25 heavy (non-hydrogen) atoms. The van der Waals surface area contributed by atoms with Crippen molar-refractivity contribution in [3.05, 3.63) is 66.2 Å². The molecule has 0 bridgehead atoms. The Morgan fingerprint density at radius 2 is 1.64 bits per heavy atom. The third-order valence-corrected chi connectivity index (χ3v) is 4.72. The molecule has 1 aliphatic heterocycles. The van der Waals surface area contributed by atoms with E-state index in [0.29, 0.717) is 18.9 Å². The molecule has 5 heteroatoms. The van der Waals surface area contributed by atoms with Crippen LogP contribution in [-0.2, 0) is 10.3 Å². The highest BCUT2D eigenvalue weighted by atomic mass is 16.5. The fourth-order valence-corrected chi connectivity index (χ4v) is 3.30. The summed E-state index contributed by atoms with van der Waals surface area (Å²) >= 11 is 0. The van der Waals surface area contributed by atoms with Crippen LogP contribution < -0.4 is 10.6 Å². The molecule has 0 saturated carbocycles. The third kappa shape index (κ3) is 4.38. The SMILES string of the molecule is O=C(NC[C@](O)(c1ccccc1)C1CCOCC1)Nc1ccccc1. The van der Waals surface area contributed by atoms with E-state index in [1.807, 2.05) is 60.7 Å². The van der Waals surface area contributed by atoms with Gasteiger partial charge in [-0.3, -0.25) is 0 Å². The monoisotopic (exact) mass is 340 g/mol. The van der Waals surface area contributed by atoms with Crippen LogP contribution in [0.15, 0.2) is 60.7 Å². The number of anilines is 1. The molecule has 3 rings (SSSR count). The van der Waals surface area contributed by atoms with Crippen molar-refractivity contribution in [1.29, 1.82) is 0 Å². The Hall–Kier alpha value is -2.37. The van der Waals surface area contributed by atoms with Crippen LogP contribution in [0, 0.1) is 5.92 Å². The van der Waals surface area contributed by atoms with Gasteiger partial charge in [0.15, 0.2) is 0 Å². The standard InChI is InChI=1S/C20H24N2O3/c23-19(22-18-9-5-2-6-10-18)21-15-20(24,16-7-3-1-4-8-16)17-11-13-25-14-12-17/h1-10,17,24H,11-15H2,(H2,21,22,23)/t20-/m0/s1. The van der Waals surface area contributed by atoms with Crippen LogP contribution in [-0.4, -0.2) is 30.9 Å². The van der Waals surface area contributed by atoms with Crippen molar-refractivity contribution in [3.8, 4) is 0 Å². The van der Waals surface area contributed by atoms with E-state index in [1.54, 1.807) is 0 Å². The lowest BCUT2D eigenvalue weighted by Gasteiger charge is -2.39. The van der Waals surface area contributed by atoms with Gasteiger partial charge in [0.05, 0.1) is 6.54 Å². The number of hydrogen-bond donors (Lipinski definition) is 3. The Morgan fingerprint density at radius 3 is 2.28 bits per heavy atom. The van der Waals surface area contributed by atoms with Gasteiger partial charge < -0.3 is 20.5 Å². The number of ether oxygens (including phenoxy) is 1. The molecule has 132 valence electrons. The number of benzene rings is 2. The fourth-order valence-electron chi connectivity index (χ4n) is 3.30. The molecule has 0 aromatic heterocycles. The van der Waals surface area contributed by atoms with E-state index in [2.05, 4.69) is 10.6 Å². The maximum atomic E-state index is 12.2. The van der Waals surface area contributed by atoms with Gasteiger partial charge in [-0.2, -0.15) is 0 Å². The number of carbonyl (C=O) groups is 1. The van der Waals surface area contributed by atoms with Gasteiger partial charge >= 0.3 is 6.03 Å². The highest BCUT2D eigenvalue weighted by molar-refractivity contribution is 5.89. The van der Waals surface area contributed by atoms with Gasteiger partial charge in [0, 0.05) is 18.9 Å². The second-order valence-electron chi connectivity index (χ2n) is 6.35. The van der Waals surface area contributed by atoms with Gasteiger partial charge in [-0.15, -0.1) is 0 Å². The van der Waals surface area contributed by atoms with Crippen LogP contribution >= 0.6 is 0 Å². The summed E-state index contributed by atoms with van der Waals surface area (Å²) in [5.74, 6) is 0.0423. The molecule has 1 atom stereocenters. The number of amides is 2. The molecule has 1 heterocycles. The maximum Gasteiger partial charge on any atom is 0.319 e. The Kier molecular flexibility index (Phi) is 5.68. The van der Waals surface area contributed by atoms with Gasteiger partial charge in [-0.1, -0.05) is 48.5 Å². The number of rotatable bonds is 5. The Balaban J connectivity index is 1.70. The van der Waals surface area contributed by atoms with Gasteiger partial charge in [-0.25, -0.2) is 4.79 Å². The molecule has 2 amide bonds. The first-order valence-corrected chi connectivity index (χ1v) is 8.64. The van der Waals surface area contributed by atoms with Crippen LogP contribution in [0.25, 0.3) is 0 Å². The van der Waals surface area contributed by atoms with Crippen molar-refractivity contribution in [2.45, 2.75) is 18.4 Å². The van der Waals surface area contributed by atoms with Crippen LogP contribution in [0.1, 0.15) is 18.4 Å². The second-order valence-corrected chi connectivity index (χ2v) is 6.35. The summed E-state index contributed by atoms with van der Waals surface area (Å²) in [5, 5.41) is 17.0. The van der Waals surface area contributed by atoms with Gasteiger partial charge in [0.1, 0.15) is 5.60 Å². The topological polar surface area (TPSA) is 70.6 Å². The van der Waals surface area contributed by atoms with Crippen LogP contribution in [0.4, 0.5) is 10.5 Å². The Labute approximate surface area is 148 Å². The predicted molar refractivity (Wildman–Crippen MR) is 97.3 cm³/mol. The predicted octanol–water partition coefficient (Wildman–Crippen LogP) is 3.12. The van der Waals surface area contributed by atoms with E-state index in [-0.39, 0.29) is 18.5 Å². The van der Waals surface area contributed by atoms with E-state index >= 15 is 0 Å². The van der Waals surface area contributed by atoms with Gasteiger partial charge in [0.25, 0.3) is 0 Å². The van der Waals surface area contributed by atoms with Crippen LogP contribution in [0.5, 0.6) is 0 Å². The number of para-hydroxylation sites is 1. The summed E-state index contributed by atoms with van der Waals surface area (Å²) in [4.78, 5) is 12.2. The van der Waals surface area contributed by atoms with E-state index in [0.717, 1.165) is 18.4 Å². The minimum Gasteiger partial charge on any atom is -0.383 e. The first-order valence-electron chi connectivity index (χ1n) is 8.64. The number of hydrogen-bond acceptors (Lipinski definition) is 3. The molecule has 0 aliphatic carbocycles. The molecule has 2 aromatic carbocycles. The van der Waals surface area contributed by atoms with E-state index in [4.69, 9.17) is 4.74 Å². The van der Waals surface area contributed by atoms with Crippen molar-refractivity contribution < 1.29 is 14.6 Å². The van der Waals surface area contributed by atoms with Gasteiger partial charge in [-0.05, 0) is 36.5 Å². The molecule has 5 nitrogen and oxygen atoms in total. The first-order chi connectivity index (χ1) is 12.2. The number of urea groups is 1. The average Bonchev–Trinajstić information content (AvgIpc) is 2.68. The van der Waals surface area contributed by atoms with E-state index < -0.39 is 5.60 Å². The zero-order valence-corrected chi connectivity index (χ0v) is 14.2. The molecule has 2 aromatic rings. The molecule has 0 spiro atoms. The minimum absolute atomic E-state index is 0.0423. The lowest BCUT2D eigenvalue weighted by Crippen LogP contribution is -2.48. The number of carbonyl (C=O) groups excluding carboxylic acids is 1. The lowest BCUT2D eigenvalue weighted by atomic mass is 9.77. The molecule has 0 radical (unpaired) electrons. The van der Waals surface area contributed by atoms with Crippen molar-refractivity contribution in [1.82, 2.24) is 5.32 Å². The molecule has 1 aliphatic rings. The van der Waals surface area contributed by atoms with Crippen LogP contribution in [0.2, 0.25) is 0 Å². The maximum absolute atomic E-state index is 12.2. The summed E-state index contributed by atoms with van der Waals surface area (Å²) in [6, 6.07) is 18.5. The van der Waals surface area contributed by atoms with Gasteiger partial charge in [0.2, 0.25) is 0 Å². The summed E-state index contributed by atoms with van der Waals surface area (Å²) in [7, 11) is 0. The smallest absolute Gasteiger partial charge is 0.319 e. The molecule has 3 N–H and O–H groups in total. The van der Waals surface area contributed by atoms with Crippen molar-refractivity contribution in [2.75, 3.05) is 25.1 Å². The first kappa shape index (κ1) is 17.5.